The third kappa shape index (κ3) is 4.23. The smallest absolute Gasteiger partial charge is 0.0363 e. The zero-order valence-electron chi connectivity index (χ0n) is 14.4. The van der Waals surface area contributed by atoms with E-state index in [1.165, 1.54) is 30.5 Å². The molecule has 1 N–H and O–H groups in total. The maximum atomic E-state index is 3.54. The molecule has 2 rings (SSSR count). The average Bonchev–Trinajstić information content (AvgIpc) is 2.47. The Bertz CT molecular complexity index is 435. The summed E-state index contributed by atoms with van der Waals surface area (Å²) < 4.78 is 0. The largest absolute Gasteiger partial charge is 0.374 e. The van der Waals surface area contributed by atoms with Gasteiger partial charge < -0.3 is 10.2 Å². The van der Waals surface area contributed by atoms with Gasteiger partial charge in [-0.05, 0) is 61.8 Å². The van der Waals surface area contributed by atoms with Crippen LogP contribution in [0.3, 0.4) is 0 Å². The van der Waals surface area contributed by atoms with Gasteiger partial charge in [0.15, 0.2) is 0 Å². The van der Waals surface area contributed by atoms with Crippen LogP contribution in [0.4, 0.5) is 5.69 Å². The molecule has 0 spiro atoms. The predicted octanol–water partition coefficient (Wildman–Crippen LogP) is 4.10. The first-order valence-electron chi connectivity index (χ1n) is 8.42. The second-order valence-corrected chi connectivity index (χ2v) is 7.46. The van der Waals surface area contributed by atoms with Crippen molar-refractivity contribution >= 4 is 5.69 Å². The molecule has 2 nitrogen and oxygen atoms in total. The van der Waals surface area contributed by atoms with Crippen LogP contribution in [0.1, 0.15) is 45.6 Å². The Morgan fingerprint density at radius 3 is 2.48 bits per heavy atom. The Hall–Kier alpha value is -1.02. The first-order chi connectivity index (χ1) is 9.95. The van der Waals surface area contributed by atoms with Gasteiger partial charge in [0, 0.05) is 25.3 Å². The second-order valence-electron chi connectivity index (χ2n) is 7.46. The number of anilines is 1. The topological polar surface area (TPSA) is 15.3 Å². The highest BCUT2D eigenvalue weighted by Crippen LogP contribution is 2.39. The lowest BCUT2D eigenvalue weighted by molar-refractivity contribution is 0.146. The van der Waals surface area contributed by atoms with Gasteiger partial charge in [-0.1, -0.05) is 32.9 Å². The second kappa shape index (κ2) is 6.83. The molecule has 118 valence electrons. The van der Waals surface area contributed by atoms with Crippen LogP contribution in [0.25, 0.3) is 0 Å². The molecule has 0 aromatic heterocycles. The molecule has 1 aromatic rings. The Morgan fingerprint density at radius 2 is 1.90 bits per heavy atom. The lowest BCUT2D eigenvalue weighted by atomic mass is 9.69. The lowest BCUT2D eigenvalue weighted by Crippen LogP contribution is -2.45. The summed E-state index contributed by atoms with van der Waals surface area (Å²) in [5, 5.41) is 3.54. The van der Waals surface area contributed by atoms with E-state index in [4.69, 9.17) is 0 Å². The van der Waals surface area contributed by atoms with Gasteiger partial charge in [-0.2, -0.15) is 0 Å². The number of rotatable bonds is 5. The Kier molecular flexibility index (Phi) is 5.32. The number of aryl methyl sites for hydroxylation is 1. The number of hydrogen-bond acceptors (Lipinski definition) is 2. The van der Waals surface area contributed by atoms with Gasteiger partial charge in [-0.3, -0.25) is 0 Å². The normalized spacial score (nSPS) is 24.8. The van der Waals surface area contributed by atoms with Gasteiger partial charge in [-0.25, -0.2) is 0 Å². The maximum Gasteiger partial charge on any atom is 0.0363 e. The number of benzene rings is 1. The van der Waals surface area contributed by atoms with Crippen molar-refractivity contribution in [2.75, 3.05) is 25.5 Å². The molecule has 2 atom stereocenters. The van der Waals surface area contributed by atoms with Crippen molar-refractivity contribution in [1.29, 1.82) is 0 Å². The lowest BCUT2D eigenvalue weighted by Gasteiger charge is -2.42. The first kappa shape index (κ1) is 16.4. The van der Waals surface area contributed by atoms with Crippen molar-refractivity contribution in [3.05, 3.63) is 29.8 Å². The molecule has 1 aliphatic carbocycles. The Labute approximate surface area is 130 Å². The predicted molar refractivity (Wildman–Crippen MR) is 93.1 cm³/mol. The molecular formula is C19H32N2. The highest BCUT2D eigenvalue weighted by molar-refractivity contribution is 5.47. The van der Waals surface area contributed by atoms with Gasteiger partial charge in [0.1, 0.15) is 0 Å². The zero-order chi connectivity index (χ0) is 15.5. The molecule has 0 bridgehead atoms. The molecule has 0 amide bonds. The van der Waals surface area contributed by atoms with E-state index in [-0.39, 0.29) is 0 Å². The maximum absolute atomic E-state index is 3.54. The van der Waals surface area contributed by atoms with Crippen molar-refractivity contribution in [1.82, 2.24) is 5.32 Å². The van der Waals surface area contributed by atoms with E-state index in [0.717, 1.165) is 18.9 Å². The van der Waals surface area contributed by atoms with Crippen LogP contribution in [-0.2, 0) is 6.42 Å². The van der Waals surface area contributed by atoms with E-state index >= 15 is 0 Å². The minimum absolute atomic E-state index is 0.491. The molecule has 2 heteroatoms. The van der Waals surface area contributed by atoms with Gasteiger partial charge in [-0.15, -0.1) is 0 Å². The Balaban J connectivity index is 2.03. The van der Waals surface area contributed by atoms with Crippen molar-refractivity contribution in [3.63, 3.8) is 0 Å². The molecule has 21 heavy (non-hydrogen) atoms. The average molecular weight is 288 g/mol. The minimum Gasteiger partial charge on any atom is -0.374 e. The van der Waals surface area contributed by atoms with Crippen LogP contribution in [0.15, 0.2) is 24.3 Å². The number of nitrogens with zero attached hydrogens (tertiary/aromatic N) is 1. The van der Waals surface area contributed by atoms with Gasteiger partial charge in [0.05, 0.1) is 0 Å². The fourth-order valence-corrected chi connectivity index (χ4v) is 3.75. The quantitative estimate of drug-likeness (QED) is 0.877. The fraction of sp³-hybridized carbons (Fsp3) is 0.684. The summed E-state index contributed by atoms with van der Waals surface area (Å²) >= 11 is 0. The number of nitrogens with one attached hydrogen (secondary N) is 1. The van der Waals surface area contributed by atoms with E-state index in [9.17, 15) is 0 Å². The summed E-state index contributed by atoms with van der Waals surface area (Å²) in [6, 6.07) is 9.70. The molecule has 0 aliphatic heterocycles. The molecule has 0 saturated heterocycles. The zero-order valence-corrected chi connectivity index (χ0v) is 14.4. The van der Waals surface area contributed by atoms with Crippen molar-refractivity contribution in [2.45, 2.75) is 52.5 Å². The SMILES string of the molecule is CCc1ccc(N(C)CC2CC(C)(C)CCC2NC)cc1. The van der Waals surface area contributed by atoms with Gasteiger partial charge in [0.25, 0.3) is 0 Å². The van der Waals surface area contributed by atoms with E-state index in [1.807, 2.05) is 0 Å². The monoisotopic (exact) mass is 288 g/mol. The highest BCUT2D eigenvalue weighted by atomic mass is 15.1. The standard InChI is InChI=1S/C19H32N2/c1-6-15-7-9-17(10-8-15)21(5)14-16-13-19(2,3)12-11-18(16)20-4/h7-10,16,18,20H,6,11-14H2,1-5H3. The molecule has 1 aliphatic rings. The molecule has 1 fully saturated rings. The minimum atomic E-state index is 0.491. The summed E-state index contributed by atoms with van der Waals surface area (Å²) in [4.78, 5) is 2.43. The highest BCUT2D eigenvalue weighted by Gasteiger charge is 2.34. The summed E-state index contributed by atoms with van der Waals surface area (Å²) in [5.74, 6) is 0.731. The molecular weight excluding hydrogens is 256 g/mol. The van der Waals surface area contributed by atoms with E-state index in [1.54, 1.807) is 0 Å². The molecule has 1 saturated carbocycles. The third-order valence-corrected chi connectivity index (χ3v) is 5.18. The van der Waals surface area contributed by atoms with E-state index < -0.39 is 0 Å². The number of hydrogen-bond donors (Lipinski definition) is 1. The summed E-state index contributed by atoms with van der Waals surface area (Å²) in [6.45, 7) is 8.19. The van der Waals surface area contributed by atoms with E-state index in [2.05, 4.69) is 69.3 Å². The summed E-state index contributed by atoms with van der Waals surface area (Å²) in [6.07, 6.45) is 5.07. The molecule has 0 radical (unpaired) electrons. The Morgan fingerprint density at radius 1 is 1.24 bits per heavy atom. The first-order valence-corrected chi connectivity index (χ1v) is 8.42. The molecule has 0 heterocycles. The fourth-order valence-electron chi connectivity index (χ4n) is 3.75. The van der Waals surface area contributed by atoms with Gasteiger partial charge >= 0.3 is 0 Å². The van der Waals surface area contributed by atoms with Crippen LogP contribution in [0.2, 0.25) is 0 Å². The van der Waals surface area contributed by atoms with Crippen LogP contribution in [0.5, 0.6) is 0 Å². The van der Waals surface area contributed by atoms with E-state index in [0.29, 0.717) is 11.5 Å². The van der Waals surface area contributed by atoms with Gasteiger partial charge in [0.2, 0.25) is 0 Å². The van der Waals surface area contributed by atoms with Crippen molar-refractivity contribution in [3.8, 4) is 0 Å². The summed E-state index contributed by atoms with van der Waals surface area (Å²) in [5.41, 5.74) is 3.25. The van der Waals surface area contributed by atoms with Crippen LogP contribution in [0, 0.1) is 11.3 Å². The molecule has 2 unspecified atom stereocenters. The van der Waals surface area contributed by atoms with Crippen LogP contribution in [-0.4, -0.2) is 26.7 Å². The van der Waals surface area contributed by atoms with Crippen LogP contribution < -0.4 is 10.2 Å². The third-order valence-electron chi connectivity index (χ3n) is 5.18. The molecule has 1 aromatic carbocycles. The van der Waals surface area contributed by atoms with Crippen molar-refractivity contribution in [2.24, 2.45) is 11.3 Å². The van der Waals surface area contributed by atoms with Crippen LogP contribution >= 0.6 is 0 Å². The van der Waals surface area contributed by atoms with Crippen molar-refractivity contribution < 1.29 is 0 Å². The summed E-state index contributed by atoms with van der Waals surface area (Å²) in [7, 11) is 4.35.